The Bertz CT molecular complexity index is 1060. The summed E-state index contributed by atoms with van der Waals surface area (Å²) in [5.74, 6) is -0.107. The number of nitrogens with zero attached hydrogens (tertiary/aromatic N) is 3. The van der Waals surface area contributed by atoms with Crippen molar-refractivity contribution in [2.24, 2.45) is 10.9 Å². The number of aliphatic hydroxyl groups is 1. The number of β-amino-alcohol motifs (C(OH)–C–C–N with tert-alkyl or cyclic N) is 1. The zero-order valence-corrected chi connectivity index (χ0v) is 20.1. The standard InChI is InChI=1S/C23H27BrN4O4/c1-12(2)19(18-9-13(3)27-32-18)21(30)28-11-16(29)10-17(28)20-25-22(31)23(4,26-20)14-5-7-15(24)8-6-14/h5-9,12,16-17,19,29H,10-11H2,1-4H3,(H,25,26,31)/t16-,17?,19?,23?/m1/s1. The highest BCUT2D eigenvalue weighted by molar-refractivity contribution is 9.10. The first kappa shape index (κ1) is 22.7. The molecule has 0 aliphatic carbocycles. The van der Waals surface area contributed by atoms with Gasteiger partial charge in [-0.25, -0.2) is 4.99 Å². The van der Waals surface area contributed by atoms with E-state index in [1.165, 1.54) is 0 Å². The number of hydrogen-bond acceptors (Lipinski definition) is 6. The summed E-state index contributed by atoms with van der Waals surface area (Å²) in [6, 6.07) is 8.67. The number of aliphatic imine (C=N–C) groups is 1. The topological polar surface area (TPSA) is 108 Å². The molecule has 3 unspecified atom stereocenters. The molecule has 170 valence electrons. The number of carbonyl (C=O) groups is 2. The first-order valence-corrected chi connectivity index (χ1v) is 11.5. The Labute approximate surface area is 195 Å². The molecular weight excluding hydrogens is 476 g/mol. The van der Waals surface area contributed by atoms with Crippen LogP contribution < -0.4 is 5.32 Å². The molecule has 4 rings (SSSR count). The van der Waals surface area contributed by atoms with Crippen molar-refractivity contribution >= 4 is 33.6 Å². The van der Waals surface area contributed by atoms with E-state index in [2.05, 4.69) is 26.4 Å². The van der Waals surface area contributed by atoms with Gasteiger partial charge in [-0.1, -0.05) is 47.1 Å². The number of halogens is 1. The van der Waals surface area contributed by atoms with Gasteiger partial charge in [-0.05, 0) is 37.5 Å². The minimum Gasteiger partial charge on any atom is -0.391 e. The van der Waals surface area contributed by atoms with Gasteiger partial charge in [0.25, 0.3) is 5.91 Å². The molecule has 32 heavy (non-hydrogen) atoms. The number of aryl methyl sites for hydroxylation is 1. The summed E-state index contributed by atoms with van der Waals surface area (Å²) in [5.41, 5.74) is 0.355. The number of benzene rings is 1. The molecule has 9 heteroatoms. The maximum atomic E-state index is 13.6. The number of aromatic nitrogens is 1. The van der Waals surface area contributed by atoms with Gasteiger partial charge in [-0.3, -0.25) is 9.59 Å². The number of amides is 2. The number of aliphatic hydroxyl groups excluding tert-OH is 1. The zero-order valence-electron chi connectivity index (χ0n) is 18.5. The van der Waals surface area contributed by atoms with E-state index in [9.17, 15) is 14.7 Å². The van der Waals surface area contributed by atoms with Gasteiger partial charge in [0.05, 0.1) is 17.8 Å². The Kier molecular flexibility index (Phi) is 5.98. The van der Waals surface area contributed by atoms with Crippen molar-refractivity contribution in [3.05, 3.63) is 51.8 Å². The van der Waals surface area contributed by atoms with Crippen molar-refractivity contribution in [3.8, 4) is 0 Å². The maximum absolute atomic E-state index is 13.6. The molecule has 0 radical (unpaired) electrons. The second-order valence-corrected chi connectivity index (χ2v) is 9.93. The molecule has 2 aliphatic heterocycles. The Morgan fingerprint density at radius 3 is 2.62 bits per heavy atom. The molecule has 8 nitrogen and oxygen atoms in total. The quantitative estimate of drug-likeness (QED) is 0.653. The smallest absolute Gasteiger partial charge is 0.257 e. The summed E-state index contributed by atoms with van der Waals surface area (Å²) in [5, 5.41) is 17.2. The van der Waals surface area contributed by atoms with Crippen LogP contribution in [0, 0.1) is 12.8 Å². The lowest BCUT2D eigenvalue weighted by atomic mass is 9.91. The molecule has 1 fully saturated rings. The largest absolute Gasteiger partial charge is 0.391 e. The van der Waals surface area contributed by atoms with Crippen LogP contribution >= 0.6 is 15.9 Å². The summed E-state index contributed by atoms with van der Waals surface area (Å²) in [7, 11) is 0. The van der Waals surface area contributed by atoms with Crippen molar-refractivity contribution in [2.45, 2.75) is 57.7 Å². The molecule has 2 amide bonds. The minimum atomic E-state index is -1.10. The molecule has 4 atom stereocenters. The fraction of sp³-hybridized carbons (Fsp3) is 0.478. The van der Waals surface area contributed by atoms with Gasteiger partial charge in [0.15, 0.2) is 5.54 Å². The monoisotopic (exact) mass is 502 g/mol. The molecule has 0 bridgehead atoms. The summed E-state index contributed by atoms with van der Waals surface area (Å²) in [6.07, 6.45) is -0.394. The summed E-state index contributed by atoms with van der Waals surface area (Å²) >= 11 is 3.41. The van der Waals surface area contributed by atoms with Gasteiger partial charge >= 0.3 is 0 Å². The number of likely N-dealkylation sites (tertiary alicyclic amines) is 1. The average molecular weight is 503 g/mol. The number of hydrogen-bond donors (Lipinski definition) is 2. The average Bonchev–Trinajstić information content (AvgIpc) is 3.40. The van der Waals surface area contributed by atoms with Crippen LogP contribution in [-0.4, -0.2) is 51.5 Å². The molecule has 2 aromatic rings. The molecule has 1 saturated heterocycles. The lowest BCUT2D eigenvalue weighted by molar-refractivity contribution is -0.134. The molecule has 0 saturated carbocycles. The minimum absolute atomic E-state index is 0.0404. The molecule has 1 aromatic carbocycles. The highest BCUT2D eigenvalue weighted by atomic mass is 79.9. The molecule has 0 spiro atoms. The highest BCUT2D eigenvalue weighted by Gasteiger charge is 2.48. The molecular formula is C23H27BrN4O4. The Morgan fingerprint density at radius 2 is 2.03 bits per heavy atom. The van der Waals surface area contributed by atoms with E-state index in [1.54, 1.807) is 17.9 Å². The lowest BCUT2D eigenvalue weighted by Crippen LogP contribution is -2.48. The first-order valence-electron chi connectivity index (χ1n) is 10.7. The van der Waals surface area contributed by atoms with Crippen LogP contribution in [0.25, 0.3) is 0 Å². The molecule has 1 aromatic heterocycles. The zero-order chi connectivity index (χ0) is 23.2. The summed E-state index contributed by atoms with van der Waals surface area (Å²) < 4.78 is 6.32. The predicted octanol–water partition coefficient (Wildman–Crippen LogP) is 2.89. The van der Waals surface area contributed by atoms with Crippen LogP contribution in [0.3, 0.4) is 0 Å². The number of nitrogens with one attached hydrogen (secondary N) is 1. The molecule has 3 heterocycles. The summed E-state index contributed by atoms with van der Waals surface area (Å²) in [6.45, 7) is 7.62. The normalized spacial score (nSPS) is 26.4. The third-order valence-electron chi connectivity index (χ3n) is 6.20. The predicted molar refractivity (Wildman–Crippen MR) is 122 cm³/mol. The fourth-order valence-electron chi connectivity index (χ4n) is 4.45. The second kappa shape index (κ2) is 8.44. The van der Waals surface area contributed by atoms with Gasteiger partial charge in [-0.15, -0.1) is 0 Å². The SMILES string of the molecule is Cc1cc(C(C(=O)N2C[C@H](O)CC2C2=NC(C)(c3ccc(Br)cc3)C(=O)N2)C(C)C)on1. The molecule has 2 aliphatic rings. The lowest BCUT2D eigenvalue weighted by Gasteiger charge is -2.29. The fourth-order valence-corrected chi connectivity index (χ4v) is 4.71. The van der Waals surface area contributed by atoms with E-state index in [4.69, 9.17) is 9.52 Å². The first-order chi connectivity index (χ1) is 15.1. The Morgan fingerprint density at radius 1 is 1.34 bits per heavy atom. The van der Waals surface area contributed by atoms with E-state index in [0.29, 0.717) is 23.7 Å². The van der Waals surface area contributed by atoms with E-state index in [-0.39, 0.29) is 24.3 Å². The van der Waals surface area contributed by atoms with Crippen LogP contribution in [0.15, 0.2) is 44.3 Å². The van der Waals surface area contributed by atoms with Gasteiger partial charge < -0.3 is 19.8 Å². The van der Waals surface area contributed by atoms with Crippen LogP contribution in [0.5, 0.6) is 0 Å². The number of carbonyl (C=O) groups excluding carboxylic acids is 2. The van der Waals surface area contributed by atoms with Gasteiger partial charge in [0, 0.05) is 23.5 Å². The van der Waals surface area contributed by atoms with Gasteiger partial charge in [0.2, 0.25) is 5.91 Å². The van der Waals surface area contributed by atoms with E-state index >= 15 is 0 Å². The molecule has 2 N–H and O–H groups in total. The van der Waals surface area contributed by atoms with Crippen molar-refractivity contribution in [2.75, 3.05) is 6.54 Å². The van der Waals surface area contributed by atoms with E-state index < -0.39 is 23.6 Å². The van der Waals surface area contributed by atoms with Crippen LogP contribution in [0.4, 0.5) is 0 Å². The van der Waals surface area contributed by atoms with Crippen molar-refractivity contribution in [1.82, 2.24) is 15.4 Å². The third kappa shape index (κ3) is 3.99. The van der Waals surface area contributed by atoms with E-state index in [1.807, 2.05) is 45.0 Å². The van der Waals surface area contributed by atoms with Crippen LogP contribution in [0.1, 0.15) is 50.1 Å². The van der Waals surface area contributed by atoms with Crippen LogP contribution in [0.2, 0.25) is 0 Å². The summed E-state index contributed by atoms with van der Waals surface area (Å²) in [4.78, 5) is 32.9. The highest BCUT2D eigenvalue weighted by Crippen LogP contribution is 2.35. The van der Waals surface area contributed by atoms with Crippen molar-refractivity contribution < 1.29 is 19.2 Å². The van der Waals surface area contributed by atoms with Crippen LogP contribution in [-0.2, 0) is 15.1 Å². The Hall–Kier alpha value is -2.52. The number of rotatable bonds is 5. The van der Waals surface area contributed by atoms with Crippen molar-refractivity contribution in [3.63, 3.8) is 0 Å². The second-order valence-electron chi connectivity index (χ2n) is 9.02. The van der Waals surface area contributed by atoms with E-state index in [0.717, 1.165) is 10.0 Å². The van der Waals surface area contributed by atoms with Gasteiger partial charge in [-0.2, -0.15) is 0 Å². The van der Waals surface area contributed by atoms with Gasteiger partial charge in [0.1, 0.15) is 17.5 Å². The maximum Gasteiger partial charge on any atom is 0.257 e. The van der Waals surface area contributed by atoms with Crippen molar-refractivity contribution in [1.29, 1.82) is 0 Å². The Balaban J connectivity index is 1.66. The third-order valence-corrected chi connectivity index (χ3v) is 6.73. The number of amidine groups is 1.